The molecule has 4 N–H and O–H groups in total. The number of hydrogen-bond donors (Lipinski definition) is 3. The van der Waals surface area contributed by atoms with Gasteiger partial charge in [0.2, 0.25) is 5.95 Å². The lowest BCUT2D eigenvalue weighted by Crippen LogP contribution is -2.21. The summed E-state index contributed by atoms with van der Waals surface area (Å²) in [5, 5.41) is 0. The van der Waals surface area contributed by atoms with E-state index in [1.807, 2.05) is 0 Å². The minimum atomic E-state index is -3.41. The van der Waals surface area contributed by atoms with Crippen LogP contribution in [-0.4, -0.2) is 9.97 Å². The van der Waals surface area contributed by atoms with Crippen LogP contribution in [0.15, 0.2) is 18.5 Å². The molecule has 0 aliphatic heterocycles. The van der Waals surface area contributed by atoms with E-state index in [1.54, 1.807) is 6.07 Å². The third-order valence-corrected chi connectivity index (χ3v) is 2.82. The molecule has 0 fully saturated rings. The molecule has 0 spiro atoms. The largest absolute Gasteiger partial charge is 0.312 e. The third kappa shape index (κ3) is 2.18. The molecule has 6 nitrogen and oxygen atoms in total. The predicted octanol–water partition coefficient (Wildman–Crippen LogP) is 0.153. The molecular formula is C4H8N5OPS. The van der Waals surface area contributed by atoms with Crippen molar-refractivity contribution in [1.29, 1.82) is 0 Å². The molecule has 8 heteroatoms. The minimum Gasteiger partial charge on any atom is -0.263 e. The van der Waals surface area contributed by atoms with E-state index in [0.717, 1.165) is 4.08 Å². The average Bonchev–Trinajstić information content (AvgIpc) is 2.03. The maximum atomic E-state index is 11.0. The number of anilines is 1. The fourth-order valence-electron chi connectivity index (χ4n) is 0.534. The number of thiol groups is 1. The van der Waals surface area contributed by atoms with Crippen LogP contribution in [-0.2, 0) is 4.57 Å². The van der Waals surface area contributed by atoms with Crippen LogP contribution in [0.3, 0.4) is 0 Å². The van der Waals surface area contributed by atoms with Crippen molar-refractivity contribution in [3.8, 4) is 0 Å². The van der Waals surface area contributed by atoms with E-state index in [4.69, 9.17) is 11.0 Å². The van der Waals surface area contributed by atoms with Crippen LogP contribution < -0.4 is 15.1 Å². The predicted molar refractivity (Wildman–Crippen MR) is 49.5 cm³/mol. The van der Waals surface area contributed by atoms with E-state index in [2.05, 4.69) is 22.8 Å². The molecule has 0 aliphatic carbocycles. The Hall–Kier alpha value is -0.620. The summed E-state index contributed by atoms with van der Waals surface area (Å²) >= 11 is 3.80. The number of nitrogens with zero attached hydrogens (tertiary/aromatic N) is 3. The van der Waals surface area contributed by atoms with E-state index in [1.165, 1.54) is 12.4 Å². The van der Waals surface area contributed by atoms with Gasteiger partial charge in [0, 0.05) is 12.4 Å². The smallest absolute Gasteiger partial charge is 0.263 e. The zero-order chi connectivity index (χ0) is 9.19. The molecule has 0 saturated heterocycles. The van der Waals surface area contributed by atoms with Crippen LogP contribution in [0.1, 0.15) is 0 Å². The number of hydrogen-bond acceptors (Lipinski definition) is 4. The van der Waals surface area contributed by atoms with Gasteiger partial charge in [0.1, 0.15) is 0 Å². The highest BCUT2D eigenvalue weighted by atomic mass is 32.1. The van der Waals surface area contributed by atoms with E-state index in [0.29, 0.717) is 0 Å². The Morgan fingerprint density at radius 3 is 2.33 bits per heavy atom. The van der Waals surface area contributed by atoms with Crippen LogP contribution in [0.5, 0.6) is 0 Å². The summed E-state index contributed by atoms with van der Waals surface area (Å²) < 4.78 is 11.9. The fourth-order valence-corrected chi connectivity index (χ4v) is 1.02. The second-order valence-electron chi connectivity index (χ2n) is 2.01. The van der Waals surface area contributed by atoms with Gasteiger partial charge < -0.3 is 0 Å². The Kier molecular flexibility index (Phi) is 2.69. The van der Waals surface area contributed by atoms with Gasteiger partial charge in [0.25, 0.3) is 0 Å². The number of rotatable bonds is 2. The zero-order valence-corrected chi connectivity index (χ0v) is 7.82. The van der Waals surface area contributed by atoms with Gasteiger partial charge in [-0.2, -0.15) is 0 Å². The summed E-state index contributed by atoms with van der Waals surface area (Å²) in [5.41, 5.74) is 10.2. The average molecular weight is 205 g/mol. The van der Waals surface area contributed by atoms with E-state index < -0.39 is 7.59 Å². The van der Waals surface area contributed by atoms with Crippen molar-refractivity contribution in [3.63, 3.8) is 0 Å². The van der Waals surface area contributed by atoms with Crippen molar-refractivity contribution in [2.75, 3.05) is 4.08 Å². The molecule has 1 rings (SSSR count). The SMILES string of the molecule is NP(N)(=O)N(S)c1ncccn1. The normalized spacial score (nSPS) is 11.2. The minimum absolute atomic E-state index is 0.120. The summed E-state index contributed by atoms with van der Waals surface area (Å²) in [7, 11) is -3.41. The van der Waals surface area contributed by atoms with Gasteiger partial charge >= 0.3 is 7.59 Å². The quantitative estimate of drug-likeness (QED) is 0.469. The molecule has 12 heavy (non-hydrogen) atoms. The first-order valence-electron chi connectivity index (χ1n) is 2.95. The molecule has 0 radical (unpaired) electrons. The Morgan fingerprint density at radius 2 is 1.92 bits per heavy atom. The van der Waals surface area contributed by atoms with Crippen molar-refractivity contribution in [2.24, 2.45) is 11.0 Å². The summed E-state index contributed by atoms with van der Waals surface area (Å²) in [4.78, 5) is 7.50. The lowest BCUT2D eigenvalue weighted by molar-refractivity contribution is 0.578. The maximum absolute atomic E-state index is 11.0. The Balaban J connectivity index is 2.94. The third-order valence-electron chi connectivity index (χ3n) is 1.03. The van der Waals surface area contributed by atoms with Gasteiger partial charge in [-0.25, -0.2) is 14.0 Å². The summed E-state index contributed by atoms with van der Waals surface area (Å²) in [6, 6.07) is 1.61. The monoisotopic (exact) mass is 205 g/mol. The first-order valence-corrected chi connectivity index (χ1v) is 5.15. The van der Waals surface area contributed by atoms with Crippen LogP contribution in [0.4, 0.5) is 5.95 Å². The summed E-state index contributed by atoms with van der Waals surface area (Å²) in [6.45, 7) is 0. The fraction of sp³-hybridized carbons (Fsp3) is 0. The molecular weight excluding hydrogens is 197 g/mol. The van der Waals surface area contributed by atoms with Crippen molar-refractivity contribution in [3.05, 3.63) is 18.5 Å². The van der Waals surface area contributed by atoms with E-state index >= 15 is 0 Å². The lowest BCUT2D eigenvalue weighted by Gasteiger charge is -2.17. The summed E-state index contributed by atoms with van der Waals surface area (Å²) in [5.74, 6) is 0.120. The number of aromatic nitrogens is 2. The van der Waals surface area contributed by atoms with Crippen LogP contribution in [0.25, 0.3) is 0 Å². The lowest BCUT2D eigenvalue weighted by atomic mass is 10.7. The molecule has 1 aromatic heterocycles. The van der Waals surface area contributed by atoms with E-state index in [-0.39, 0.29) is 5.95 Å². The molecule has 0 bridgehead atoms. The second-order valence-corrected chi connectivity index (χ2v) is 4.47. The van der Waals surface area contributed by atoms with Gasteiger partial charge in [0.05, 0.1) is 0 Å². The van der Waals surface area contributed by atoms with Gasteiger partial charge in [-0.1, -0.05) is 12.8 Å². The highest BCUT2D eigenvalue weighted by molar-refractivity contribution is 7.92. The standard InChI is InChI=1S/C4H8N5OPS/c5-11(6,10)9(12)4-7-2-1-3-8-4/h1-3,12H,(H4,5,6,10). The first kappa shape index (κ1) is 9.47. The Labute approximate surface area is 75.1 Å². The molecule has 1 heterocycles. The second kappa shape index (κ2) is 3.40. The van der Waals surface area contributed by atoms with Crippen LogP contribution >= 0.6 is 20.4 Å². The van der Waals surface area contributed by atoms with Crippen molar-refractivity contribution >= 4 is 26.4 Å². The van der Waals surface area contributed by atoms with Gasteiger partial charge in [-0.15, -0.1) is 0 Å². The molecule has 0 saturated carbocycles. The molecule has 0 amide bonds. The van der Waals surface area contributed by atoms with E-state index in [9.17, 15) is 4.57 Å². The Bertz CT molecular complexity index is 300. The maximum Gasteiger partial charge on any atom is 0.312 e. The van der Waals surface area contributed by atoms with Crippen molar-refractivity contribution < 1.29 is 4.57 Å². The molecule has 0 aromatic carbocycles. The van der Waals surface area contributed by atoms with Crippen molar-refractivity contribution in [2.45, 2.75) is 0 Å². The van der Waals surface area contributed by atoms with Crippen LogP contribution in [0, 0.1) is 0 Å². The van der Waals surface area contributed by atoms with Crippen molar-refractivity contribution in [1.82, 2.24) is 9.97 Å². The Morgan fingerprint density at radius 1 is 1.42 bits per heavy atom. The molecule has 0 aliphatic rings. The summed E-state index contributed by atoms with van der Waals surface area (Å²) in [6.07, 6.45) is 2.95. The highest BCUT2D eigenvalue weighted by Gasteiger charge is 2.19. The first-order chi connectivity index (χ1) is 5.52. The molecule has 66 valence electrons. The molecule has 0 unspecified atom stereocenters. The molecule has 0 atom stereocenters. The highest BCUT2D eigenvalue weighted by Crippen LogP contribution is 2.36. The number of nitrogens with two attached hydrogens (primary N) is 2. The topological polar surface area (TPSA) is 98.1 Å². The zero-order valence-electron chi connectivity index (χ0n) is 6.03. The van der Waals surface area contributed by atoms with Gasteiger partial charge in [-0.05, 0) is 6.07 Å². The van der Waals surface area contributed by atoms with Gasteiger partial charge in [-0.3, -0.25) is 15.6 Å². The molecule has 1 aromatic rings. The van der Waals surface area contributed by atoms with Crippen LogP contribution in [0.2, 0.25) is 0 Å². The van der Waals surface area contributed by atoms with Gasteiger partial charge in [0.15, 0.2) is 0 Å².